The van der Waals surface area contributed by atoms with Crippen molar-refractivity contribution in [2.75, 3.05) is 31.0 Å². The molecule has 0 amide bonds. The number of ether oxygens (including phenoxy) is 2. The van der Waals surface area contributed by atoms with Gasteiger partial charge in [0.15, 0.2) is 29.4 Å². The van der Waals surface area contributed by atoms with Gasteiger partial charge < -0.3 is 24.0 Å². The Morgan fingerprint density at radius 3 is 2.63 bits per heavy atom. The van der Waals surface area contributed by atoms with Crippen LogP contribution < -0.4 is 14.5 Å². The molecule has 2 aromatic heterocycles. The van der Waals surface area contributed by atoms with Crippen molar-refractivity contribution in [1.82, 2.24) is 24.6 Å². The molecule has 0 spiro atoms. The molecule has 1 aliphatic heterocycles. The number of imidazole rings is 1. The van der Waals surface area contributed by atoms with Crippen LogP contribution in [0, 0.1) is 6.92 Å². The Balaban J connectivity index is 1.62. The maximum Gasteiger partial charge on any atom is 0.459 e. The summed E-state index contributed by atoms with van der Waals surface area (Å²) in [5.74, 6) is 0.0252. The lowest BCUT2D eigenvalue weighted by Crippen LogP contribution is -2.48. The van der Waals surface area contributed by atoms with Gasteiger partial charge in [-0.05, 0) is 46.8 Å². The first-order valence-corrected chi connectivity index (χ1v) is 15.9. The zero-order valence-electron chi connectivity index (χ0n) is 24.8. The Kier molecular flexibility index (Phi) is 10.3. The van der Waals surface area contributed by atoms with Crippen LogP contribution in [0.5, 0.6) is 5.75 Å². The van der Waals surface area contributed by atoms with Gasteiger partial charge in [0.25, 0.3) is 0 Å². The number of fused-ring (bicyclic) bond motifs is 1. The number of hydrogen-bond acceptors (Lipinski definition) is 11. The molecular formula is C27H37ClFN6O7P. The topological polar surface area (TPSA) is 150 Å². The molecule has 1 aromatic carbocycles. The van der Waals surface area contributed by atoms with E-state index < -0.39 is 62.5 Å². The fourth-order valence-electron chi connectivity index (χ4n) is 4.44. The molecule has 0 aliphatic carbocycles. The summed E-state index contributed by atoms with van der Waals surface area (Å²) in [7, 11) is -2.52. The maximum atomic E-state index is 15.8. The summed E-state index contributed by atoms with van der Waals surface area (Å²) >= 11 is 6.27. The van der Waals surface area contributed by atoms with Crippen molar-refractivity contribution < 1.29 is 37.4 Å². The van der Waals surface area contributed by atoms with E-state index in [0.29, 0.717) is 29.4 Å². The summed E-state index contributed by atoms with van der Waals surface area (Å²) in [5, 5.41) is 13.6. The molecule has 2 N–H and O–H groups in total. The highest BCUT2D eigenvalue weighted by atomic mass is 35.5. The highest BCUT2D eigenvalue weighted by Crippen LogP contribution is 2.49. The average Bonchev–Trinajstić information content (AvgIpc) is 3.49. The molecule has 1 saturated heterocycles. The first-order valence-electron chi connectivity index (χ1n) is 13.8. The number of nitrogens with one attached hydrogen (secondary N) is 1. The van der Waals surface area contributed by atoms with Crippen molar-refractivity contribution >= 4 is 42.3 Å². The number of halogens is 2. The normalized spacial score (nSPS) is 24.2. The summed E-state index contributed by atoms with van der Waals surface area (Å²) < 4.78 is 53.8. The second kappa shape index (κ2) is 13.4. The highest BCUT2D eigenvalue weighted by molar-refractivity contribution is 7.52. The molecule has 3 heterocycles. The smallest absolute Gasteiger partial charge is 0.459 e. The second-order valence-corrected chi connectivity index (χ2v) is 12.5. The second-order valence-electron chi connectivity index (χ2n) is 10.5. The van der Waals surface area contributed by atoms with Gasteiger partial charge in [-0.3, -0.25) is 13.9 Å². The Morgan fingerprint density at radius 2 is 2.00 bits per heavy atom. The number of carbonyl (C=O) groups excluding carboxylic acids is 1. The van der Waals surface area contributed by atoms with Crippen molar-refractivity contribution in [3.05, 3.63) is 42.5 Å². The first kappa shape index (κ1) is 33.0. The van der Waals surface area contributed by atoms with Gasteiger partial charge in [0.2, 0.25) is 0 Å². The van der Waals surface area contributed by atoms with E-state index in [2.05, 4.69) is 20.0 Å². The monoisotopic (exact) mass is 642 g/mol. The van der Waals surface area contributed by atoms with Gasteiger partial charge in [0.1, 0.15) is 29.3 Å². The maximum absolute atomic E-state index is 15.8. The summed E-state index contributed by atoms with van der Waals surface area (Å²) in [6.07, 6.45) is -4.27. The standard InChI is InChI=1S/C27H37ClFN6O7P/c1-7-34(6)23-21-24(32-18(5)31-23)35(15-30-21)25-20(29)22(36)27(13-28,41-25)14-39-43(38,42-19-11-9-8-10-12-19)33-17(4)26(37)40-16(2)3/h8-12,15-17,20,22,25,36H,7,13-14H2,1-6H3,(H,33,38)/t17-,20-,22-,25+,27+,43+/m0/s1. The number of anilines is 1. The third kappa shape index (κ3) is 7.11. The SMILES string of the molecule is CCN(C)c1nc(C)nc2c1ncn2[C@@H]1O[C@](CCl)(CO[P@](=O)(N[C@@H](C)C(=O)OC(C)C)Oc2ccccc2)[C@@H](O)[C@@H]1F. The third-order valence-electron chi connectivity index (χ3n) is 6.82. The number of para-hydroxylation sites is 1. The van der Waals surface area contributed by atoms with Crippen molar-refractivity contribution in [1.29, 1.82) is 0 Å². The van der Waals surface area contributed by atoms with Crippen LogP contribution in [0.1, 0.15) is 39.7 Å². The van der Waals surface area contributed by atoms with E-state index in [1.54, 1.807) is 51.1 Å². The van der Waals surface area contributed by atoms with E-state index in [1.807, 2.05) is 18.9 Å². The summed E-state index contributed by atoms with van der Waals surface area (Å²) in [6, 6.07) is 7.01. The molecule has 4 rings (SSSR count). The minimum absolute atomic E-state index is 0.171. The van der Waals surface area contributed by atoms with E-state index in [4.69, 9.17) is 30.1 Å². The number of hydrogen-bond donors (Lipinski definition) is 2. The molecule has 0 saturated carbocycles. The largest absolute Gasteiger partial charge is 0.462 e. The number of esters is 1. The van der Waals surface area contributed by atoms with Crippen LogP contribution in [0.15, 0.2) is 36.7 Å². The zero-order chi connectivity index (χ0) is 31.5. The molecule has 0 radical (unpaired) electrons. The fourth-order valence-corrected chi connectivity index (χ4v) is 6.28. The van der Waals surface area contributed by atoms with Crippen LogP contribution in [0.4, 0.5) is 10.2 Å². The number of rotatable bonds is 13. The number of nitrogens with zero attached hydrogens (tertiary/aromatic N) is 5. The average molecular weight is 643 g/mol. The Bertz CT molecular complexity index is 1470. The molecule has 1 aliphatic rings. The molecule has 13 nitrogen and oxygen atoms in total. The van der Waals surface area contributed by atoms with Gasteiger partial charge in [-0.15, -0.1) is 11.6 Å². The van der Waals surface area contributed by atoms with Gasteiger partial charge in [0.05, 0.1) is 24.9 Å². The Hall–Kier alpha value is -2.87. The van der Waals surface area contributed by atoms with Crippen molar-refractivity contribution in [2.24, 2.45) is 0 Å². The number of aromatic nitrogens is 4. The molecule has 3 aromatic rings. The number of benzene rings is 1. The Morgan fingerprint density at radius 1 is 1.30 bits per heavy atom. The lowest BCUT2D eigenvalue weighted by molar-refractivity contribution is -0.149. The zero-order valence-corrected chi connectivity index (χ0v) is 26.5. The molecule has 16 heteroatoms. The summed E-state index contributed by atoms with van der Waals surface area (Å²) in [6.45, 7) is 8.41. The first-order chi connectivity index (χ1) is 20.3. The molecule has 236 valence electrons. The molecule has 6 atom stereocenters. The van der Waals surface area contributed by atoms with Crippen LogP contribution in [0.25, 0.3) is 11.2 Å². The highest BCUT2D eigenvalue weighted by Gasteiger charge is 2.57. The number of aryl methyl sites for hydroxylation is 1. The summed E-state index contributed by atoms with van der Waals surface area (Å²) in [5.41, 5.74) is -1.15. The predicted octanol–water partition coefficient (Wildman–Crippen LogP) is 3.93. The van der Waals surface area contributed by atoms with Gasteiger partial charge in [-0.1, -0.05) is 18.2 Å². The molecule has 43 heavy (non-hydrogen) atoms. The third-order valence-corrected chi connectivity index (χ3v) is 8.90. The van der Waals surface area contributed by atoms with Gasteiger partial charge in [-0.2, -0.15) is 5.09 Å². The van der Waals surface area contributed by atoms with Crippen LogP contribution in [0.2, 0.25) is 0 Å². The number of aliphatic hydroxyl groups excluding tert-OH is 1. The van der Waals surface area contributed by atoms with Crippen LogP contribution in [-0.4, -0.2) is 86.7 Å². The number of alkyl halides is 2. The Labute approximate surface area is 254 Å². The molecule has 0 bridgehead atoms. The van der Waals surface area contributed by atoms with E-state index >= 15 is 4.39 Å². The lowest BCUT2D eigenvalue weighted by atomic mass is 9.99. The molecule has 0 unspecified atom stereocenters. The van der Waals surface area contributed by atoms with Gasteiger partial charge in [0, 0.05) is 13.6 Å². The number of carbonyl (C=O) groups is 1. The molecule has 1 fully saturated rings. The van der Waals surface area contributed by atoms with Crippen LogP contribution in [0.3, 0.4) is 0 Å². The van der Waals surface area contributed by atoms with Crippen LogP contribution in [-0.2, 0) is 23.4 Å². The van der Waals surface area contributed by atoms with E-state index in [-0.39, 0.29) is 5.75 Å². The van der Waals surface area contributed by atoms with Gasteiger partial charge in [-0.25, -0.2) is 23.9 Å². The van der Waals surface area contributed by atoms with Crippen molar-refractivity contribution in [3.63, 3.8) is 0 Å². The van der Waals surface area contributed by atoms with Crippen molar-refractivity contribution in [3.8, 4) is 5.75 Å². The van der Waals surface area contributed by atoms with E-state index in [1.165, 1.54) is 17.8 Å². The molecular weight excluding hydrogens is 606 g/mol. The minimum Gasteiger partial charge on any atom is -0.462 e. The fraction of sp³-hybridized carbons (Fsp3) is 0.556. The predicted molar refractivity (Wildman–Crippen MR) is 158 cm³/mol. The van der Waals surface area contributed by atoms with E-state index in [9.17, 15) is 14.5 Å². The minimum atomic E-state index is -4.36. The van der Waals surface area contributed by atoms with Crippen molar-refractivity contribution in [2.45, 2.75) is 70.9 Å². The van der Waals surface area contributed by atoms with E-state index in [0.717, 1.165) is 0 Å². The van der Waals surface area contributed by atoms with Gasteiger partial charge >= 0.3 is 13.7 Å². The van der Waals surface area contributed by atoms with Crippen LogP contribution >= 0.6 is 19.3 Å². The lowest BCUT2D eigenvalue weighted by Gasteiger charge is -2.31. The quantitative estimate of drug-likeness (QED) is 0.158. The summed E-state index contributed by atoms with van der Waals surface area (Å²) in [4.78, 5) is 27.6. The number of aliphatic hydroxyl groups is 1.